The van der Waals surface area contributed by atoms with E-state index in [0.29, 0.717) is 24.3 Å². The minimum absolute atomic E-state index is 0. The molecule has 2 N–H and O–H groups in total. The Hall–Kier alpha value is -1.22. The van der Waals surface area contributed by atoms with Gasteiger partial charge in [0, 0.05) is 32.2 Å². The van der Waals surface area contributed by atoms with Gasteiger partial charge in [0.1, 0.15) is 0 Å². The van der Waals surface area contributed by atoms with Gasteiger partial charge in [0.25, 0.3) is 0 Å². The normalized spacial score (nSPS) is 15.8. The van der Waals surface area contributed by atoms with Crippen molar-refractivity contribution in [1.29, 1.82) is 0 Å². The second kappa shape index (κ2) is 12.3. The smallest absolute Gasteiger partial charge is 0.240 e. The zero-order chi connectivity index (χ0) is 17.5. The topological polar surface area (TPSA) is 80.7 Å². The van der Waals surface area contributed by atoms with Crippen LogP contribution in [0.1, 0.15) is 24.2 Å². The summed E-state index contributed by atoms with van der Waals surface area (Å²) >= 11 is 0. The Bertz CT molecular complexity index is 638. The summed E-state index contributed by atoms with van der Waals surface area (Å²) in [5.41, 5.74) is 6.85. The number of rotatable bonds is 8. The SMILES string of the molecule is CC(CN1CCOCC1)N(Cc1ccccc1)Cc1noc(CN)n1.Cl.Cl. The van der Waals surface area contributed by atoms with E-state index in [9.17, 15) is 0 Å². The Morgan fingerprint density at radius 3 is 2.48 bits per heavy atom. The standard InChI is InChI=1S/C18H27N5O2.2ClH/c1-15(12-22-7-9-24-10-8-22)23(13-16-5-3-2-4-6-16)14-17-20-18(11-19)25-21-17;;/h2-6,15H,7-14,19H2,1H3;2*1H. The minimum Gasteiger partial charge on any atom is -0.379 e. The molecule has 1 atom stereocenters. The number of aromatic nitrogens is 2. The highest BCUT2D eigenvalue weighted by Crippen LogP contribution is 2.14. The quantitative estimate of drug-likeness (QED) is 0.703. The fraction of sp³-hybridized carbons (Fsp3) is 0.556. The third kappa shape index (κ3) is 7.37. The number of ether oxygens (including phenoxy) is 1. The van der Waals surface area contributed by atoms with E-state index < -0.39 is 0 Å². The van der Waals surface area contributed by atoms with Crippen LogP contribution in [0, 0.1) is 0 Å². The molecule has 0 bridgehead atoms. The van der Waals surface area contributed by atoms with Crippen LogP contribution in [0.15, 0.2) is 34.9 Å². The molecule has 0 saturated carbocycles. The zero-order valence-electron chi connectivity index (χ0n) is 15.6. The highest BCUT2D eigenvalue weighted by Gasteiger charge is 2.21. The predicted octanol–water partition coefficient (Wildman–Crippen LogP) is 2.09. The first-order valence-electron chi connectivity index (χ1n) is 8.84. The van der Waals surface area contributed by atoms with Crippen molar-refractivity contribution < 1.29 is 9.26 Å². The monoisotopic (exact) mass is 417 g/mol. The molecule has 0 radical (unpaired) electrons. The average Bonchev–Trinajstić information content (AvgIpc) is 3.10. The summed E-state index contributed by atoms with van der Waals surface area (Å²) < 4.78 is 10.6. The van der Waals surface area contributed by atoms with Crippen LogP contribution in [-0.2, 0) is 24.4 Å². The molecule has 1 aliphatic rings. The number of halogens is 2. The maximum absolute atomic E-state index is 5.57. The number of nitrogens with two attached hydrogens (primary N) is 1. The van der Waals surface area contributed by atoms with Crippen molar-refractivity contribution in [1.82, 2.24) is 19.9 Å². The van der Waals surface area contributed by atoms with Gasteiger partial charge in [-0.3, -0.25) is 9.80 Å². The molecule has 0 spiro atoms. The fourth-order valence-corrected chi connectivity index (χ4v) is 3.08. The number of hydrogen-bond donors (Lipinski definition) is 1. The van der Waals surface area contributed by atoms with E-state index >= 15 is 0 Å². The van der Waals surface area contributed by atoms with Crippen molar-refractivity contribution >= 4 is 24.8 Å². The second-order valence-electron chi connectivity index (χ2n) is 6.46. The first-order valence-corrected chi connectivity index (χ1v) is 8.84. The molecule has 1 aromatic heterocycles. The van der Waals surface area contributed by atoms with E-state index in [1.54, 1.807) is 0 Å². The third-order valence-corrected chi connectivity index (χ3v) is 4.51. The lowest BCUT2D eigenvalue weighted by molar-refractivity contribution is 0.0222. The maximum Gasteiger partial charge on any atom is 0.240 e. The van der Waals surface area contributed by atoms with Crippen molar-refractivity contribution in [3.05, 3.63) is 47.6 Å². The van der Waals surface area contributed by atoms with Crippen molar-refractivity contribution in [3.63, 3.8) is 0 Å². The first kappa shape index (κ1) is 23.8. The molecular weight excluding hydrogens is 389 g/mol. The summed E-state index contributed by atoms with van der Waals surface area (Å²) in [6.45, 7) is 8.62. The lowest BCUT2D eigenvalue weighted by Gasteiger charge is -2.34. The number of hydrogen-bond acceptors (Lipinski definition) is 7. The maximum atomic E-state index is 5.57. The molecular formula is C18H29Cl2N5O2. The summed E-state index contributed by atoms with van der Waals surface area (Å²) in [6.07, 6.45) is 0. The van der Waals surface area contributed by atoms with Gasteiger partial charge in [-0.2, -0.15) is 4.98 Å². The van der Waals surface area contributed by atoms with Crippen molar-refractivity contribution in [2.45, 2.75) is 32.6 Å². The molecule has 0 aliphatic carbocycles. The summed E-state index contributed by atoms with van der Waals surface area (Å²) in [4.78, 5) is 9.20. The molecule has 9 heteroatoms. The molecule has 2 heterocycles. The minimum atomic E-state index is 0. The van der Waals surface area contributed by atoms with Crippen LogP contribution in [-0.4, -0.2) is 58.8 Å². The average molecular weight is 418 g/mol. The highest BCUT2D eigenvalue weighted by atomic mass is 35.5. The van der Waals surface area contributed by atoms with Crippen molar-refractivity contribution in [3.8, 4) is 0 Å². The van der Waals surface area contributed by atoms with Crippen molar-refractivity contribution in [2.75, 3.05) is 32.8 Å². The van der Waals surface area contributed by atoms with Crippen LogP contribution in [0.2, 0.25) is 0 Å². The zero-order valence-corrected chi connectivity index (χ0v) is 17.3. The van der Waals surface area contributed by atoms with E-state index in [-0.39, 0.29) is 31.4 Å². The Labute approximate surface area is 173 Å². The molecule has 1 aliphatic heterocycles. The molecule has 7 nitrogen and oxygen atoms in total. The van der Waals surface area contributed by atoms with Gasteiger partial charge in [-0.05, 0) is 12.5 Å². The Balaban J connectivity index is 0.00000182. The van der Waals surface area contributed by atoms with E-state index in [0.717, 1.165) is 39.4 Å². The van der Waals surface area contributed by atoms with Gasteiger partial charge < -0.3 is 15.0 Å². The second-order valence-corrected chi connectivity index (χ2v) is 6.46. The van der Waals surface area contributed by atoms with E-state index in [2.05, 4.69) is 51.1 Å². The number of morpholine rings is 1. The van der Waals surface area contributed by atoms with Gasteiger partial charge in [0.15, 0.2) is 5.82 Å². The largest absolute Gasteiger partial charge is 0.379 e. The summed E-state index contributed by atoms with van der Waals surface area (Å²) in [6, 6.07) is 10.8. The van der Waals surface area contributed by atoms with Gasteiger partial charge >= 0.3 is 0 Å². The molecule has 2 aromatic rings. The molecule has 27 heavy (non-hydrogen) atoms. The Morgan fingerprint density at radius 1 is 1.15 bits per heavy atom. The lowest BCUT2D eigenvalue weighted by Crippen LogP contribution is -2.45. The molecule has 0 amide bonds. The number of nitrogens with zero attached hydrogens (tertiary/aromatic N) is 4. The summed E-state index contributed by atoms with van der Waals surface area (Å²) in [5.74, 6) is 1.17. The van der Waals surface area contributed by atoms with Crippen LogP contribution in [0.3, 0.4) is 0 Å². The Kier molecular flexibility index (Phi) is 10.8. The van der Waals surface area contributed by atoms with Crippen LogP contribution in [0.25, 0.3) is 0 Å². The van der Waals surface area contributed by atoms with Gasteiger partial charge in [-0.1, -0.05) is 35.5 Å². The van der Waals surface area contributed by atoms with Gasteiger partial charge in [-0.25, -0.2) is 0 Å². The number of benzene rings is 1. The highest BCUT2D eigenvalue weighted by molar-refractivity contribution is 5.85. The third-order valence-electron chi connectivity index (χ3n) is 4.51. The summed E-state index contributed by atoms with van der Waals surface area (Å²) in [5, 5.41) is 4.06. The first-order chi connectivity index (χ1) is 12.2. The fourth-order valence-electron chi connectivity index (χ4n) is 3.08. The molecule has 152 valence electrons. The molecule has 1 saturated heterocycles. The molecule has 1 aromatic carbocycles. The van der Waals surface area contributed by atoms with Gasteiger partial charge in [0.05, 0.1) is 26.3 Å². The molecule has 3 rings (SSSR count). The van der Waals surface area contributed by atoms with Crippen molar-refractivity contribution in [2.24, 2.45) is 5.73 Å². The van der Waals surface area contributed by atoms with E-state index in [1.807, 2.05) is 6.07 Å². The van der Waals surface area contributed by atoms with Crippen LogP contribution >= 0.6 is 24.8 Å². The molecule has 1 fully saturated rings. The van der Waals surface area contributed by atoms with Crippen LogP contribution in [0.4, 0.5) is 0 Å². The van der Waals surface area contributed by atoms with E-state index in [4.69, 9.17) is 15.0 Å². The molecule has 1 unspecified atom stereocenters. The predicted molar refractivity (Wildman–Crippen MR) is 109 cm³/mol. The van der Waals surface area contributed by atoms with Crippen LogP contribution < -0.4 is 5.73 Å². The van der Waals surface area contributed by atoms with Crippen LogP contribution in [0.5, 0.6) is 0 Å². The van der Waals surface area contributed by atoms with Gasteiger partial charge in [-0.15, -0.1) is 24.8 Å². The summed E-state index contributed by atoms with van der Waals surface area (Å²) in [7, 11) is 0. The van der Waals surface area contributed by atoms with E-state index in [1.165, 1.54) is 5.56 Å². The van der Waals surface area contributed by atoms with Gasteiger partial charge in [0.2, 0.25) is 5.89 Å². The Morgan fingerprint density at radius 2 is 1.85 bits per heavy atom. The lowest BCUT2D eigenvalue weighted by atomic mass is 10.1.